The Bertz CT molecular complexity index is 541. The van der Waals surface area contributed by atoms with Gasteiger partial charge in [-0.15, -0.1) is 0 Å². The Hall–Kier alpha value is -1.85. The van der Waals surface area contributed by atoms with E-state index in [0.29, 0.717) is 6.54 Å². The van der Waals surface area contributed by atoms with Crippen LogP contribution < -0.4 is 15.5 Å². The monoisotopic (exact) mass is 291 g/mol. The maximum atomic E-state index is 12.2. The Morgan fingerprint density at radius 3 is 2.71 bits per heavy atom. The van der Waals surface area contributed by atoms with Gasteiger partial charge in [0.05, 0.1) is 0 Å². The van der Waals surface area contributed by atoms with Crippen LogP contribution in [0.3, 0.4) is 0 Å². The lowest BCUT2D eigenvalue weighted by molar-refractivity contribution is -0.126. The van der Waals surface area contributed by atoms with Gasteiger partial charge >= 0.3 is 0 Å². The van der Waals surface area contributed by atoms with Crippen LogP contribution in [0.1, 0.15) is 38.6 Å². The average molecular weight is 291 g/mol. The quantitative estimate of drug-likeness (QED) is 0.879. The molecule has 1 aliphatic heterocycles. The molecule has 1 saturated heterocycles. The highest BCUT2D eigenvalue weighted by molar-refractivity contribution is 5.90. The third-order valence-electron chi connectivity index (χ3n) is 3.98. The summed E-state index contributed by atoms with van der Waals surface area (Å²) >= 11 is 0. The normalized spacial score (nSPS) is 17.6. The second-order valence-corrected chi connectivity index (χ2v) is 5.90. The molecule has 2 N–H and O–H groups in total. The highest BCUT2D eigenvalue weighted by atomic mass is 16.2. The van der Waals surface area contributed by atoms with Crippen LogP contribution >= 0.6 is 0 Å². The van der Waals surface area contributed by atoms with Crippen LogP contribution in [-0.2, 0) is 11.2 Å². The summed E-state index contributed by atoms with van der Waals surface area (Å²) < 4.78 is 0. The van der Waals surface area contributed by atoms with Crippen LogP contribution in [0.4, 0.5) is 11.6 Å². The minimum atomic E-state index is -0.605. The topological polar surface area (TPSA) is 70.2 Å². The summed E-state index contributed by atoms with van der Waals surface area (Å²) in [5.41, 5.74) is 0.381. The Kier molecular flexibility index (Phi) is 4.34. The molecule has 1 fully saturated rings. The van der Waals surface area contributed by atoms with E-state index < -0.39 is 5.54 Å². The van der Waals surface area contributed by atoms with E-state index in [1.165, 1.54) is 0 Å². The van der Waals surface area contributed by atoms with Gasteiger partial charge in [-0.2, -0.15) is 0 Å². The van der Waals surface area contributed by atoms with E-state index in [-0.39, 0.29) is 5.91 Å². The second kappa shape index (κ2) is 5.87. The van der Waals surface area contributed by atoms with Crippen molar-refractivity contribution < 1.29 is 4.79 Å². The van der Waals surface area contributed by atoms with Crippen LogP contribution in [-0.4, -0.2) is 41.6 Å². The summed E-state index contributed by atoms with van der Waals surface area (Å²) in [6, 6.07) is 0. The second-order valence-electron chi connectivity index (χ2n) is 5.90. The van der Waals surface area contributed by atoms with Crippen molar-refractivity contribution >= 4 is 17.5 Å². The van der Waals surface area contributed by atoms with Crippen LogP contribution in [0, 0.1) is 6.92 Å². The number of aryl methyl sites for hydroxylation is 1. The van der Waals surface area contributed by atoms with Crippen LogP contribution in [0.5, 0.6) is 0 Å². The molecular weight excluding hydrogens is 266 g/mol. The molecule has 1 aromatic rings. The van der Waals surface area contributed by atoms with Gasteiger partial charge in [0, 0.05) is 32.1 Å². The maximum Gasteiger partial charge on any atom is 0.245 e. The Labute approximate surface area is 126 Å². The minimum Gasteiger partial charge on any atom is -0.373 e. The van der Waals surface area contributed by atoms with Gasteiger partial charge in [-0.25, -0.2) is 9.97 Å². The number of rotatable bonds is 4. The predicted octanol–water partition coefficient (Wildman–Crippen LogP) is 1.49. The van der Waals surface area contributed by atoms with Crippen LogP contribution in [0.15, 0.2) is 0 Å². The number of carbonyl (C=O) groups excluding carboxylic acids is 1. The number of anilines is 2. The highest BCUT2D eigenvalue weighted by Gasteiger charge is 2.39. The molecule has 6 heteroatoms. The summed E-state index contributed by atoms with van der Waals surface area (Å²) in [5.74, 6) is 2.56. The molecule has 0 bridgehead atoms. The van der Waals surface area contributed by atoms with E-state index in [9.17, 15) is 4.79 Å². The molecule has 0 unspecified atom stereocenters. The molecule has 6 nitrogen and oxygen atoms in total. The first-order chi connectivity index (χ1) is 9.91. The lowest BCUT2D eigenvalue weighted by atomic mass is 9.98. The summed E-state index contributed by atoms with van der Waals surface area (Å²) in [6.45, 7) is 9.37. The molecule has 0 saturated carbocycles. The molecule has 116 valence electrons. The van der Waals surface area contributed by atoms with E-state index in [1.54, 1.807) is 0 Å². The van der Waals surface area contributed by atoms with E-state index in [1.807, 2.05) is 27.8 Å². The van der Waals surface area contributed by atoms with E-state index in [0.717, 1.165) is 42.4 Å². The number of nitrogens with zero attached hydrogens (tertiary/aromatic N) is 3. The fourth-order valence-electron chi connectivity index (χ4n) is 2.66. The molecule has 0 aliphatic carbocycles. The Morgan fingerprint density at radius 2 is 2.10 bits per heavy atom. The number of piperazine rings is 1. The first-order valence-electron chi connectivity index (χ1n) is 7.53. The van der Waals surface area contributed by atoms with Crippen molar-refractivity contribution in [2.75, 3.05) is 30.4 Å². The van der Waals surface area contributed by atoms with E-state index in [2.05, 4.69) is 27.4 Å². The van der Waals surface area contributed by atoms with Gasteiger partial charge in [0.25, 0.3) is 0 Å². The molecule has 0 atom stereocenters. The van der Waals surface area contributed by atoms with Crippen molar-refractivity contribution in [3.8, 4) is 0 Å². The summed E-state index contributed by atoms with van der Waals surface area (Å²) in [6.07, 6.45) is 1.83. The SMILES string of the molecule is CCCc1nc(NC)c(C)c(N2CCNC(=O)C2(C)C)n1. The molecule has 0 aromatic carbocycles. The first kappa shape index (κ1) is 15.5. The lowest BCUT2D eigenvalue weighted by Crippen LogP contribution is -2.62. The van der Waals surface area contributed by atoms with Gasteiger partial charge in [-0.1, -0.05) is 6.92 Å². The average Bonchev–Trinajstić information content (AvgIpc) is 2.44. The molecule has 2 heterocycles. The summed E-state index contributed by atoms with van der Waals surface area (Å²) in [7, 11) is 1.86. The van der Waals surface area contributed by atoms with Gasteiger partial charge in [-0.3, -0.25) is 4.79 Å². The molecule has 0 spiro atoms. The number of hydrogen-bond donors (Lipinski definition) is 2. The molecule has 2 rings (SSSR count). The van der Waals surface area contributed by atoms with E-state index in [4.69, 9.17) is 4.98 Å². The first-order valence-corrected chi connectivity index (χ1v) is 7.53. The van der Waals surface area contributed by atoms with Crippen molar-refractivity contribution in [2.45, 2.75) is 46.1 Å². The maximum absolute atomic E-state index is 12.2. The van der Waals surface area contributed by atoms with Crippen molar-refractivity contribution in [1.29, 1.82) is 0 Å². The lowest BCUT2D eigenvalue weighted by Gasteiger charge is -2.42. The fourth-order valence-corrected chi connectivity index (χ4v) is 2.66. The fraction of sp³-hybridized carbons (Fsp3) is 0.667. The Balaban J connectivity index is 2.51. The standard InChI is InChI=1S/C15H25N5O/c1-6-7-11-18-12(16-5)10(2)13(19-11)20-9-8-17-14(21)15(20,3)4/h6-9H2,1-5H3,(H,17,21)(H,16,18,19). The molecule has 0 radical (unpaired) electrons. The van der Waals surface area contributed by atoms with Gasteiger partial charge in [0.1, 0.15) is 23.0 Å². The summed E-state index contributed by atoms with van der Waals surface area (Å²) in [4.78, 5) is 23.5. The van der Waals surface area contributed by atoms with Crippen LogP contribution in [0.2, 0.25) is 0 Å². The smallest absolute Gasteiger partial charge is 0.245 e. The van der Waals surface area contributed by atoms with E-state index >= 15 is 0 Å². The number of aromatic nitrogens is 2. The molecule has 21 heavy (non-hydrogen) atoms. The zero-order valence-corrected chi connectivity index (χ0v) is 13.6. The summed E-state index contributed by atoms with van der Waals surface area (Å²) in [5, 5.41) is 6.05. The zero-order chi connectivity index (χ0) is 15.6. The predicted molar refractivity (Wildman–Crippen MR) is 84.7 cm³/mol. The van der Waals surface area contributed by atoms with Crippen molar-refractivity contribution in [3.05, 3.63) is 11.4 Å². The van der Waals surface area contributed by atoms with Crippen molar-refractivity contribution in [2.24, 2.45) is 0 Å². The largest absolute Gasteiger partial charge is 0.373 e. The third kappa shape index (κ3) is 2.80. The van der Waals surface area contributed by atoms with Crippen LogP contribution in [0.25, 0.3) is 0 Å². The molecule has 1 amide bonds. The number of carbonyl (C=O) groups is 1. The zero-order valence-electron chi connectivity index (χ0n) is 13.6. The molecule has 1 aromatic heterocycles. The third-order valence-corrected chi connectivity index (χ3v) is 3.98. The highest BCUT2D eigenvalue weighted by Crippen LogP contribution is 2.30. The molecular formula is C15H25N5O. The Morgan fingerprint density at radius 1 is 1.38 bits per heavy atom. The van der Waals surface area contributed by atoms with Gasteiger partial charge in [0.15, 0.2) is 0 Å². The number of amides is 1. The van der Waals surface area contributed by atoms with Crippen molar-refractivity contribution in [3.63, 3.8) is 0 Å². The van der Waals surface area contributed by atoms with Gasteiger partial charge < -0.3 is 15.5 Å². The molecule has 1 aliphatic rings. The minimum absolute atomic E-state index is 0.0369. The van der Waals surface area contributed by atoms with Crippen molar-refractivity contribution in [1.82, 2.24) is 15.3 Å². The van der Waals surface area contributed by atoms with Gasteiger partial charge in [-0.05, 0) is 27.2 Å². The number of hydrogen-bond acceptors (Lipinski definition) is 5. The number of nitrogens with one attached hydrogen (secondary N) is 2. The van der Waals surface area contributed by atoms with Gasteiger partial charge in [0.2, 0.25) is 5.91 Å².